The molecule has 0 saturated carbocycles. The molecule has 0 atom stereocenters. The second kappa shape index (κ2) is 3.23. The van der Waals surface area contributed by atoms with Gasteiger partial charge in [0.05, 0.1) is 0 Å². The Labute approximate surface area is 89.6 Å². The molecule has 2 heteroatoms. The number of aromatic hydroxyl groups is 1. The van der Waals surface area contributed by atoms with E-state index in [9.17, 15) is 5.11 Å². The number of phenolic OH excluding ortho intramolecular Hbond substituents is 1. The summed E-state index contributed by atoms with van der Waals surface area (Å²) >= 11 is 0. The van der Waals surface area contributed by atoms with Crippen LogP contribution in [0.1, 0.15) is 26.3 Å². The minimum Gasteiger partial charge on any atom is -0.508 e. The number of hydrogen-bond acceptors (Lipinski definition) is 2. The SMILES string of the molecule is CC(C)(C)c1cc2ccncc2cc1O. The fraction of sp³-hybridized carbons (Fsp3) is 0.308. The van der Waals surface area contributed by atoms with Crippen LogP contribution in [0.3, 0.4) is 0 Å². The summed E-state index contributed by atoms with van der Waals surface area (Å²) in [5.41, 5.74) is 0.933. The zero-order valence-electron chi connectivity index (χ0n) is 9.28. The Kier molecular flexibility index (Phi) is 2.14. The summed E-state index contributed by atoms with van der Waals surface area (Å²) in [7, 11) is 0. The van der Waals surface area contributed by atoms with Crippen LogP contribution in [0.5, 0.6) is 5.75 Å². The molecule has 2 nitrogen and oxygen atoms in total. The molecule has 1 N–H and O–H groups in total. The van der Waals surface area contributed by atoms with Crippen molar-refractivity contribution in [1.82, 2.24) is 4.98 Å². The first-order valence-corrected chi connectivity index (χ1v) is 5.06. The van der Waals surface area contributed by atoms with Crippen LogP contribution in [-0.4, -0.2) is 10.1 Å². The highest BCUT2D eigenvalue weighted by molar-refractivity contribution is 5.84. The monoisotopic (exact) mass is 201 g/mol. The van der Waals surface area contributed by atoms with E-state index < -0.39 is 0 Å². The average molecular weight is 201 g/mol. The molecule has 0 radical (unpaired) electrons. The Bertz CT molecular complexity index is 497. The number of benzene rings is 1. The number of phenols is 1. The average Bonchev–Trinajstić information content (AvgIpc) is 2.15. The van der Waals surface area contributed by atoms with Crippen LogP contribution >= 0.6 is 0 Å². The topological polar surface area (TPSA) is 33.1 Å². The van der Waals surface area contributed by atoms with Crippen molar-refractivity contribution in [2.75, 3.05) is 0 Å². The molecule has 78 valence electrons. The Morgan fingerprint density at radius 3 is 2.53 bits per heavy atom. The van der Waals surface area contributed by atoms with Gasteiger partial charge in [-0.3, -0.25) is 4.98 Å². The number of aromatic nitrogens is 1. The summed E-state index contributed by atoms with van der Waals surface area (Å²) in [5.74, 6) is 0.350. The van der Waals surface area contributed by atoms with Crippen molar-refractivity contribution in [2.45, 2.75) is 26.2 Å². The van der Waals surface area contributed by atoms with Crippen LogP contribution in [0.2, 0.25) is 0 Å². The molecule has 2 rings (SSSR count). The summed E-state index contributed by atoms with van der Waals surface area (Å²) in [6.07, 6.45) is 3.54. The Hall–Kier alpha value is -1.57. The van der Waals surface area contributed by atoms with Crippen LogP contribution in [0.4, 0.5) is 0 Å². The van der Waals surface area contributed by atoms with Gasteiger partial charge in [0.25, 0.3) is 0 Å². The van der Waals surface area contributed by atoms with Gasteiger partial charge in [-0.05, 0) is 34.6 Å². The van der Waals surface area contributed by atoms with Crippen LogP contribution in [0, 0.1) is 0 Å². The molecule has 0 fully saturated rings. The van der Waals surface area contributed by atoms with Crippen molar-refractivity contribution in [2.24, 2.45) is 0 Å². The van der Waals surface area contributed by atoms with Gasteiger partial charge in [-0.25, -0.2) is 0 Å². The molecule has 0 unspecified atom stereocenters. The largest absolute Gasteiger partial charge is 0.508 e. The third-order valence-corrected chi connectivity index (χ3v) is 2.56. The first-order chi connectivity index (χ1) is 6.98. The number of hydrogen-bond donors (Lipinski definition) is 1. The van der Waals surface area contributed by atoms with Gasteiger partial charge in [-0.2, -0.15) is 0 Å². The van der Waals surface area contributed by atoms with E-state index in [1.54, 1.807) is 18.5 Å². The highest BCUT2D eigenvalue weighted by atomic mass is 16.3. The fourth-order valence-electron chi connectivity index (χ4n) is 1.72. The highest BCUT2D eigenvalue weighted by Crippen LogP contribution is 2.33. The Morgan fingerprint density at radius 2 is 1.87 bits per heavy atom. The molecular weight excluding hydrogens is 186 g/mol. The molecule has 0 aliphatic rings. The van der Waals surface area contributed by atoms with Crippen molar-refractivity contribution >= 4 is 10.8 Å². The summed E-state index contributed by atoms with van der Waals surface area (Å²) in [4.78, 5) is 4.03. The van der Waals surface area contributed by atoms with Gasteiger partial charge in [-0.15, -0.1) is 0 Å². The molecule has 0 bridgehead atoms. The zero-order chi connectivity index (χ0) is 11.1. The van der Waals surface area contributed by atoms with Crippen molar-refractivity contribution in [3.8, 4) is 5.75 Å². The first-order valence-electron chi connectivity index (χ1n) is 5.06. The van der Waals surface area contributed by atoms with E-state index in [-0.39, 0.29) is 5.41 Å². The van der Waals surface area contributed by atoms with E-state index in [0.29, 0.717) is 5.75 Å². The maximum Gasteiger partial charge on any atom is 0.119 e. The quantitative estimate of drug-likeness (QED) is 0.709. The fourth-order valence-corrected chi connectivity index (χ4v) is 1.72. The highest BCUT2D eigenvalue weighted by Gasteiger charge is 2.18. The van der Waals surface area contributed by atoms with Gasteiger partial charge in [0.1, 0.15) is 5.75 Å². The van der Waals surface area contributed by atoms with Gasteiger partial charge in [0.15, 0.2) is 0 Å². The molecule has 15 heavy (non-hydrogen) atoms. The molecule has 0 saturated heterocycles. The Balaban J connectivity index is 2.73. The Morgan fingerprint density at radius 1 is 1.13 bits per heavy atom. The number of nitrogens with zero attached hydrogens (tertiary/aromatic N) is 1. The third-order valence-electron chi connectivity index (χ3n) is 2.56. The second-order valence-corrected chi connectivity index (χ2v) is 4.84. The smallest absolute Gasteiger partial charge is 0.119 e. The molecule has 1 aromatic carbocycles. The van der Waals surface area contributed by atoms with Crippen molar-refractivity contribution < 1.29 is 5.11 Å². The minimum atomic E-state index is -0.0401. The summed E-state index contributed by atoms with van der Waals surface area (Å²) in [5, 5.41) is 12.0. The molecule has 0 amide bonds. The van der Waals surface area contributed by atoms with Crippen molar-refractivity contribution in [3.05, 3.63) is 36.2 Å². The standard InChI is InChI=1S/C13H15NO/c1-13(2,3)11-6-9-4-5-14-8-10(9)7-12(11)15/h4-8,15H,1-3H3. The van der Waals surface area contributed by atoms with E-state index in [1.165, 1.54) is 0 Å². The van der Waals surface area contributed by atoms with Crippen LogP contribution in [0.15, 0.2) is 30.6 Å². The van der Waals surface area contributed by atoms with Gasteiger partial charge in [-0.1, -0.05) is 20.8 Å². The van der Waals surface area contributed by atoms with Crippen molar-refractivity contribution in [1.29, 1.82) is 0 Å². The lowest BCUT2D eigenvalue weighted by Gasteiger charge is -2.20. The molecule has 1 aromatic heterocycles. The van der Waals surface area contributed by atoms with E-state index >= 15 is 0 Å². The molecule has 2 aromatic rings. The van der Waals surface area contributed by atoms with E-state index in [4.69, 9.17) is 0 Å². The summed E-state index contributed by atoms with van der Waals surface area (Å²) < 4.78 is 0. The lowest BCUT2D eigenvalue weighted by Crippen LogP contribution is -2.11. The minimum absolute atomic E-state index is 0.0401. The second-order valence-electron chi connectivity index (χ2n) is 4.84. The zero-order valence-corrected chi connectivity index (χ0v) is 9.28. The summed E-state index contributed by atoms with van der Waals surface area (Å²) in [6.45, 7) is 6.28. The van der Waals surface area contributed by atoms with Crippen LogP contribution in [-0.2, 0) is 5.41 Å². The molecular formula is C13H15NO. The molecule has 0 aliphatic carbocycles. The van der Waals surface area contributed by atoms with Gasteiger partial charge < -0.3 is 5.11 Å². The maximum absolute atomic E-state index is 9.92. The normalized spacial score (nSPS) is 11.9. The lowest BCUT2D eigenvalue weighted by atomic mass is 9.85. The first kappa shape index (κ1) is 9.97. The number of rotatable bonds is 0. The molecule has 0 aliphatic heterocycles. The maximum atomic E-state index is 9.92. The third kappa shape index (κ3) is 1.80. The molecule has 1 heterocycles. The van der Waals surface area contributed by atoms with Crippen LogP contribution < -0.4 is 0 Å². The predicted molar refractivity (Wildman–Crippen MR) is 62.1 cm³/mol. The van der Waals surface area contributed by atoms with Gasteiger partial charge >= 0.3 is 0 Å². The number of pyridine rings is 1. The van der Waals surface area contributed by atoms with Crippen molar-refractivity contribution in [3.63, 3.8) is 0 Å². The summed E-state index contributed by atoms with van der Waals surface area (Å²) in [6, 6.07) is 5.78. The van der Waals surface area contributed by atoms with Gasteiger partial charge in [0, 0.05) is 17.8 Å². The number of fused-ring (bicyclic) bond motifs is 1. The molecule has 0 spiro atoms. The van der Waals surface area contributed by atoms with Crippen LogP contribution in [0.25, 0.3) is 10.8 Å². The van der Waals surface area contributed by atoms with E-state index in [2.05, 4.69) is 25.8 Å². The lowest BCUT2D eigenvalue weighted by molar-refractivity contribution is 0.448. The van der Waals surface area contributed by atoms with E-state index in [0.717, 1.165) is 16.3 Å². The predicted octanol–water partition coefficient (Wildman–Crippen LogP) is 3.24. The van der Waals surface area contributed by atoms with E-state index in [1.807, 2.05) is 12.1 Å². The van der Waals surface area contributed by atoms with Gasteiger partial charge in [0.2, 0.25) is 0 Å².